The summed E-state index contributed by atoms with van der Waals surface area (Å²) in [5.41, 5.74) is 2.77. The van der Waals surface area contributed by atoms with Crippen molar-refractivity contribution >= 4 is 50.6 Å². The number of fused-ring (bicyclic) bond motifs is 1. The summed E-state index contributed by atoms with van der Waals surface area (Å²) < 4.78 is 1.03. The fourth-order valence-electron chi connectivity index (χ4n) is 2.57. The van der Waals surface area contributed by atoms with Crippen LogP contribution in [-0.2, 0) is 11.3 Å². The molecule has 0 atom stereocenters. The van der Waals surface area contributed by atoms with E-state index in [1.54, 1.807) is 22.7 Å². The van der Waals surface area contributed by atoms with Gasteiger partial charge in [-0.1, -0.05) is 48.2 Å². The molecule has 1 N–H and O–H groups in total. The Kier molecular flexibility index (Phi) is 5.47. The number of benzene rings is 1. The fourth-order valence-corrected chi connectivity index (χ4v) is 5.09. The number of thiazole rings is 1. The van der Waals surface area contributed by atoms with Crippen LogP contribution < -0.4 is 5.32 Å². The Balaban J connectivity index is 1.48. The largest absolute Gasteiger partial charge is 0.351 e. The molecule has 0 bridgehead atoms. The molecular weight excluding hydrogens is 396 g/mol. The first-order valence-electron chi connectivity index (χ1n) is 8.32. The van der Waals surface area contributed by atoms with Crippen LogP contribution in [0.25, 0.3) is 20.8 Å². The minimum absolute atomic E-state index is 0.0342. The minimum atomic E-state index is -0.0342. The third kappa shape index (κ3) is 4.18. The van der Waals surface area contributed by atoms with Crippen molar-refractivity contribution in [2.75, 3.05) is 5.75 Å². The topological polar surface area (TPSA) is 67.8 Å². The molecule has 1 amide bonds. The van der Waals surface area contributed by atoms with Crippen LogP contribution in [0, 0.1) is 6.92 Å². The zero-order chi connectivity index (χ0) is 18.6. The number of amides is 1. The predicted octanol–water partition coefficient (Wildman–Crippen LogP) is 4.53. The molecule has 1 aromatic carbocycles. The van der Waals surface area contributed by atoms with E-state index in [1.165, 1.54) is 11.8 Å². The molecular formula is C19H16N4OS3. The summed E-state index contributed by atoms with van der Waals surface area (Å²) >= 11 is 4.62. The maximum Gasteiger partial charge on any atom is 0.230 e. The average molecular weight is 413 g/mol. The van der Waals surface area contributed by atoms with Crippen molar-refractivity contribution in [2.24, 2.45) is 0 Å². The molecule has 0 spiro atoms. The van der Waals surface area contributed by atoms with Crippen molar-refractivity contribution in [3.8, 4) is 10.6 Å². The van der Waals surface area contributed by atoms with E-state index in [1.807, 2.05) is 54.8 Å². The highest BCUT2D eigenvalue weighted by molar-refractivity contribution is 8.00. The maximum absolute atomic E-state index is 12.2. The van der Waals surface area contributed by atoms with Gasteiger partial charge in [0, 0.05) is 6.54 Å². The number of nitrogens with one attached hydrogen (secondary N) is 1. The Hall–Kier alpha value is -2.29. The van der Waals surface area contributed by atoms with Crippen LogP contribution in [0.3, 0.4) is 0 Å². The number of hydrogen-bond donors (Lipinski definition) is 1. The molecule has 5 nitrogen and oxygen atoms in total. The Morgan fingerprint density at radius 2 is 2.00 bits per heavy atom. The average Bonchev–Trinajstić information content (AvgIpc) is 3.34. The lowest BCUT2D eigenvalue weighted by Crippen LogP contribution is -2.24. The number of carbonyl (C=O) groups excluding carboxylic acids is 1. The molecule has 0 aliphatic heterocycles. The smallest absolute Gasteiger partial charge is 0.230 e. The second kappa shape index (κ2) is 8.16. The van der Waals surface area contributed by atoms with E-state index in [9.17, 15) is 4.79 Å². The molecule has 0 aliphatic carbocycles. The summed E-state index contributed by atoms with van der Waals surface area (Å²) in [6.07, 6.45) is 0. The van der Waals surface area contributed by atoms with E-state index in [0.717, 1.165) is 31.4 Å². The molecule has 3 heterocycles. The standard InChI is InChI=1S/C19H16N4OS3/c1-12-21-17-18(27-12)16(14-8-5-9-25-14)22-23-19(17)26-11-15(24)20-10-13-6-3-2-4-7-13/h2-9H,10-11H2,1H3,(H,20,24). The number of rotatable bonds is 6. The fraction of sp³-hybridized carbons (Fsp3) is 0.158. The number of thioether (sulfide) groups is 1. The normalized spacial score (nSPS) is 11.0. The highest BCUT2D eigenvalue weighted by Crippen LogP contribution is 2.36. The number of thiophene rings is 1. The first-order valence-corrected chi connectivity index (χ1v) is 11.0. The highest BCUT2D eigenvalue weighted by atomic mass is 32.2. The van der Waals surface area contributed by atoms with Crippen LogP contribution in [0.15, 0.2) is 52.9 Å². The molecule has 8 heteroatoms. The zero-order valence-corrected chi connectivity index (χ0v) is 17.0. The van der Waals surface area contributed by atoms with Crippen molar-refractivity contribution in [3.05, 3.63) is 58.4 Å². The van der Waals surface area contributed by atoms with Crippen molar-refractivity contribution in [1.29, 1.82) is 0 Å². The van der Waals surface area contributed by atoms with Crippen LogP contribution in [0.1, 0.15) is 10.6 Å². The van der Waals surface area contributed by atoms with E-state index in [0.29, 0.717) is 11.6 Å². The molecule has 4 aromatic rings. The summed E-state index contributed by atoms with van der Waals surface area (Å²) in [7, 11) is 0. The summed E-state index contributed by atoms with van der Waals surface area (Å²) in [5, 5.41) is 15.4. The first kappa shape index (κ1) is 18.1. The Bertz CT molecular complexity index is 1060. The van der Waals surface area contributed by atoms with Crippen LogP contribution in [0.4, 0.5) is 0 Å². The molecule has 0 unspecified atom stereocenters. The van der Waals surface area contributed by atoms with Gasteiger partial charge in [-0.05, 0) is 23.9 Å². The van der Waals surface area contributed by atoms with Gasteiger partial charge in [0.25, 0.3) is 0 Å². The van der Waals surface area contributed by atoms with Gasteiger partial charge in [-0.25, -0.2) is 4.98 Å². The molecule has 0 saturated heterocycles. The van der Waals surface area contributed by atoms with Gasteiger partial charge in [0.2, 0.25) is 5.91 Å². The number of hydrogen-bond acceptors (Lipinski definition) is 7. The molecule has 3 aromatic heterocycles. The van der Waals surface area contributed by atoms with Gasteiger partial charge in [0.15, 0.2) is 0 Å². The van der Waals surface area contributed by atoms with E-state index < -0.39 is 0 Å². The lowest BCUT2D eigenvalue weighted by Gasteiger charge is -2.06. The van der Waals surface area contributed by atoms with Gasteiger partial charge in [-0.3, -0.25) is 4.79 Å². The third-order valence-corrected chi connectivity index (χ3v) is 6.63. The lowest BCUT2D eigenvalue weighted by atomic mass is 10.2. The second-order valence-electron chi connectivity index (χ2n) is 5.79. The van der Waals surface area contributed by atoms with Gasteiger partial charge >= 0.3 is 0 Å². The molecule has 27 heavy (non-hydrogen) atoms. The van der Waals surface area contributed by atoms with Crippen LogP contribution in [0.2, 0.25) is 0 Å². The van der Waals surface area contributed by atoms with Crippen LogP contribution in [-0.4, -0.2) is 26.8 Å². The molecule has 136 valence electrons. The molecule has 4 rings (SSSR count). The van der Waals surface area contributed by atoms with E-state index >= 15 is 0 Å². The maximum atomic E-state index is 12.2. The highest BCUT2D eigenvalue weighted by Gasteiger charge is 2.17. The monoisotopic (exact) mass is 412 g/mol. The summed E-state index contributed by atoms with van der Waals surface area (Å²) in [6, 6.07) is 13.9. The predicted molar refractivity (Wildman–Crippen MR) is 112 cm³/mol. The number of carbonyl (C=O) groups is 1. The van der Waals surface area contributed by atoms with Gasteiger partial charge in [0.1, 0.15) is 16.2 Å². The zero-order valence-electron chi connectivity index (χ0n) is 14.5. The molecule has 0 aliphatic rings. The number of nitrogens with zero attached hydrogens (tertiary/aromatic N) is 3. The Morgan fingerprint density at radius 1 is 1.15 bits per heavy atom. The summed E-state index contributed by atoms with van der Waals surface area (Å²) in [4.78, 5) is 17.9. The summed E-state index contributed by atoms with van der Waals surface area (Å²) in [6.45, 7) is 2.50. The number of aromatic nitrogens is 3. The van der Waals surface area contributed by atoms with Gasteiger partial charge in [-0.15, -0.1) is 32.9 Å². The van der Waals surface area contributed by atoms with Crippen LogP contribution >= 0.6 is 34.4 Å². The minimum Gasteiger partial charge on any atom is -0.351 e. The van der Waals surface area contributed by atoms with Crippen molar-refractivity contribution in [3.63, 3.8) is 0 Å². The van der Waals surface area contributed by atoms with E-state index in [4.69, 9.17) is 0 Å². The lowest BCUT2D eigenvalue weighted by molar-refractivity contribution is -0.118. The van der Waals surface area contributed by atoms with Gasteiger partial charge in [-0.2, -0.15) is 0 Å². The Labute approximate surface area is 168 Å². The first-order chi connectivity index (χ1) is 13.2. The molecule has 0 radical (unpaired) electrons. The van der Waals surface area contributed by atoms with Crippen molar-refractivity contribution in [1.82, 2.24) is 20.5 Å². The summed E-state index contributed by atoms with van der Waals surface area (Å²) in [5.74, 6) is 0.249. The van der Waals surface area contributed by atoms with Crippen molar-refractivity contribution in [2.45, 2.75) is 18.5 Å². The van der Waals surface area contributed by atoms with Crippen molar-refractivity contribution < 1.29 is 4.79 Å². The van der Waals surface area contributed by atoms with Crippen LogP contribution in [0.5, 0.6) is 0 Å². The van der Waals surface area contributed by atoms with E-state index in [2.05, 4.69) is 20.5 Å². The molecule has 0 saturated carbocycles. The van der Waals surface area contributed by atoms with Gasteiger partial charge in [0.05, 0.1) is 20.3 Å². The Morgan fingerprint density at radius 3 is 2.78 bits per heavy atom. The van der Waals surface area contributed by atoms with Gasteiger partial charge < -0.3 is 5.32 Å². The number of aryl methyl sites for hydroxylation is 1. The SMILES string of the molecule is Cc1nc2c(SCC(=O)NCc3ccccc3)nnc(-c3cccs3)c2s1. The third-order valence-electron chi connectivity index (χ3n) is 3.82. The quantitative estimate of drug-likeness (QED) is 0.471. The second-order valence-corrected chi connectivity index (χ2v) is 8.91. The molecule has 0 fully saturated rings. The van der Waals surface area contributed by atoms with E-state index in [-0.39, 0.29) is 11.7 Å².